The van der Waals surface area contributed by atoms with Crippen LogP contribution in [-0.2, 0) is 16.1 Å². The molecule has 2 heterocycles. The number of rotatable bonds is 6. The van der Waals surface area contributed by atoms with Crippen molar-refractivity contribution in [3.8, 4) is 0 Å². The molecule has 0 spiro atoms. The molecule has 168 valence electrons. The van der Waals surface area contributed by atoms with Gasteiger partial charge in [-0.25, -0.2) is 23.7 Å². The summed E-state index contributed by atoms with van der Waals surface area (Å²) in [6.07, 6.45) is 3.04. The second-order valence-electron chi connectivity index (χ2n) is 7.32. The molecule has 2 aromatic heterocycles. The van der Waals surface area contributed by atoms with E-state index in [2.05, 4.69) is 21.5 Å². The number of hydrogen-bond donors (Lipinski definition) is 1. The summed E-state index contributed by atoms with van der Waals surface area (Å²) in [4.78, 5) is 42.8. The number of nitrogens with one attached hydrogen (secondary N) is 1. The van der Waals surface area contributed by atoms with E-state index in [1.165, 1.54) is 35.7 Å². The number of aromatic nitrogens is 4. The number of benzene rings is 2. The first-order chi connectivity index (χ1) is 15.9. The van der Waals surface area contributed by atoms with E-state index in [1.807, 2.05) is 26.0 Å². The van der Waals surface area contributed by atoms with E-state index in [9.17, 15) is 14.4 Å². The van der Waals surface area contributed by atoms with E-state index in [0.717, 1.165) is 20.7 Å². The Labute approximate surface area is 193 Å². The molecule has 0 fully saturated rings. The number of nitrogens with zero attached hydrogens (tertiary/aromatic N) is 4. The zero-order valence-electron chi connectivity index (χ0n) is 18.2. The third-order valence-electron chi connectivity index (χ3n) is 4.91. The minimum absolute atomic E-state index is 0.215. The predicted octanol–water partition coefficient (Wildman–Crippen LogP) is 3.08. The van der Waals surface area contributed by atoms with Crippen molar-refractivity contribution in [3.63, 3.8) is 0 Å². The Morgan fingerprint density at radius 3 is 2.70 bits per heavy atom. The maximum absolute atomic E-state index is 12.8. The first-order valence-corrected chi connectivity index (χ1v) is 10.9. The van der Waals surface area contributed by atoms with Crippen molar-refractivity contribution >= 4 is 35.0 Å². The van der Waals surface area contributed by atoms with Crippen LogP contribution in [0.3, 0.4) is 0 Å². The Kier molecular flexibility index (Phi) is 6.27. The number of amides is 1. The predicted molar refractivity (Wildman–Crippen MR) is 124 cm³/mol. The first kappa shape index (κ1) is 22.3. The molecule has 0 aliphatic carbocycles. The molecule has 2 aromatic carbocycles. The van der Waals surface area contributed by atoms with Crippen molar-refractivity contribution in [3.05, 3.63) is 82.0 Å². The smallest absolute Gasteiger partial charge is 0.350 e. The van der Waals surface area contributed by atoms with Crippen LogP contribution in [-0.4, -0.2) is 38.2 Å². The number of fused-ring (bicyclic) bond motifs is 1. The van der Waals surface area contributed by atoms with Gasteiger partial charge in [0.05, 0.1) is 18.4 Å². The normalized spacial score (nSPS) is 10.9. The highest BCUT2D eigenvalue weighted by Gasteiger charge is 2.17. The van der Waals surface area contributed by atoms with Gasteiger partial charge in [0.15, 0.2) is 5.65 Å². The molecule has 4 aromatic rings. The van der Waals surface area contributed by atoms with E-state index in [4.69, 9.17) is 4.74 Å². The van der Waals surface area contributed by atoms with Crippen LogP contribution in [0.1, 0.15) is 21.5 Å². The molecule has 0 saturated carbocycles. The molecule has 0 saturated heterocycles. The lowest BCUT2D eigenvalue weighted by Crippen LogP contribution is -2.28. The Morgan fingerprint density at radius 1 is 1.15 bits per heavy atom. The summed E-state index contributed by atoms with van der Waals surface area (Å²) < 4.78 is 7.17. The third-order valence-corrected chi connectivity index (χ3v) is 6.07. The zero-order chi connectivity index (χ0) is 23.5. The Bertz CT molecular complexity index is 1430. The number of anilines is 1. The number of esters is 1. The molecule has 1 N–H and O–H groups in total. The summed E-state index contributed by atoms with van der Waals surface area (Å²) in [7, 11) is 1.26. The fourth-order valence-electron chi connectivity index (χ4n) is 3.32. The minimum atomic E-state index is -0.574. The molecule has 0 aliphatic heterocycles. The maximum Gasteiger partial charge on any atom is 0.350 e. The molecule has 0 radical (unpaired) electrons. The topological polar surface area (TPSA) is 108 Å². The summed E-state index contributed by atoms with van der Waals surface area (Å²) in [6.45, 7) is 3.71. The SMILES string of the molecule is COC(=O)c1ccccc1NC(=O)Cn1nc2c(Sc3ccc(C)cc3C)nccn2c1=O. The summed E-state index contributed by atoms with van der Waals surface area (Å²) in [5.41, 5.74) is 2.64. The van der Waals surface area contributed by atoms with Gasteiger partial charge < -0.3 is 10.1 Å². The Balaban J connectivity index is 1.60. The van der Waals surface area contributed by atoms with Gasteiger partial charge >= 0.3 is 11.7 Å². The van der Waals surface area contributed by atoms with Gasteiger partial charge in [0.2, 0.25) is 5.91 Å². The molecule has 0 atom stereocenters. The van der Waals surface area contributed by atoms with Gasteiger partial charge in [-0.2, -0.15) is 0 Å². The number of carbonyl (C=O) groups is 2. The van der Waals surface area contributed by atoms with Crippen molar-refractivity contribution in [2.24, 2.45) is 0 Å². The lowest BCUT2D eigenvalue weighted by molar-refractivity contribution is -0.117. The average Bonchev–Trinajstić information content (AvgIpc) is 3.11. The lowest BCUT2D eigenvalue weighted by Gasteiger charge is -2.09. The van der Waals surface area contributed by atoms with Gasteiger partial charge in [-0.3, -0.25) is 4.79 Å². The number of hydrogen-bond acceptors (Lipinski definition) is 7. The lowest BCUT2D eigenvalue weighted by atomic mass is 10.2. The summed E-state index contributed by atoms with van der Waals surface area (Å²) >= 11 is 1.41. The van der Waals surface area contributed by atoms with Crippen LogP contribution >= 0.6 is 11.8 Å². The average molecular weight is 464 g/mol. The van der Waals surface area contributed by atoms with Gasteiger partial charge in [0.25, 0.3) is 0 Å². The van der Waals surface area contributed by atoms with Crippen LogP contribution < -0.4 is 11.0 Å². The van der Waals surface area contributed by atoms with Crippen molar-refractivity contribution in [1.29, 1.82) is 0 Å². The van der Waals surface area contributed by atoms with Crippen LogP contribution in [0.15, 0.2) is 69.6 Å². The zero-order valence-corrected chi connectivity index (χ0v) is 19.0. The highest BCUT2D eigenvalue weighted by atomic mass is 32.2. The summed E-state index contributed by atoms with van der Waals surface area (Å²) in [5.74, 6) is -1.08. The van der Waals surface area contributed by atoms with Crippen molar-refractivity contribution in [2.75, 3.05) is 12.4 Å². The monoisotopic (exact) mass is 463 g/mol. The third kappa shape index (κ3) is 4.65. The Morgan fingerprint density at radius 2 is 1.94 bits per heavy atom. The summed E-state index contributed by atoms with van der Waals surface area (Å²) in [6, 6.07) is 12.6. The van der Waals surface area contributed by atoms with E-state index in [-0.39, 0.29) is 12.1 Å². The molecular formula is C23H21N5O4S. The van der Waals surface area contributed by atoms with Crippen LogP contribution in [0.2, 0.25) is 0 Å². The van der Waals surface area contributed by atoms with Crippen molar-refractivity contribution in [2.45, 2.75) is 30.3 Å². The minimum Gasteiger partial charge on any atom is -0.465 e. The number of para-hydroxylation sites is 1. The molecule has 10 heteroatoms. The second-order valence-corrected chi connectivity index (χ2v) is 8.35. The molecule has 0 aliphatic rings. The quantitative estimate of drug-likeness (QED) is 0.438. The van der Waals surface area contributed by atoms with Crippen molar-refractivity contribution < 1.29 is 14.3 Å². The fraction of sp³-hybridized carbons (Fsp3) is 0.174. The summed E-state index contributed by atoms with van der Waals surface area (Å²) in [5, 5.41) is 7.54. The van der Waals surface area contributed by atoms with Gasteiger partial charge in [-0.1, -0.05) is 41.6 Å². The number of aryl methyl sites for hydroxylation is 2. The standard InChI is InChI=1S/C23H21N5O4S/c1-14-8-9-18(15(2)12-14)33-21-20-26-28(23(31)27(20)11-10-24-21)13-19(29)25-17-7-5-4-6-16(17)22(30)32-3/h4-12H,13H2,1-3H3,(H,25,29). The Hall–Kier alpha value is -3.92. The van der Waals surface area contributed by atoms with E-state index in [1.54, 1.807) is 24.3 Å². The highest BCUT2D eigenvalue weighted by molar-refractivity contribution is 7.99. The second kappa shape index (κ2) is 9.29. The number of carbonyl (C=O) groups excluding carboxylic acids is 2. The molecule has 0 unspecified atom stereocenters. The largest absolute Gasteiger partial charge is 0.465 e. The molecule has 4 rings (SSSR count). The van der Waals surface area contributed by atoms with Gasteiger partial charge in [-0.05, 0) is 37.6 Å². The molecule has 0 bridgehead atoms. The van der Waals surface area contributed by atoms with E-state index < -0.39 is 17.6 Å². The first-order valence-electron chi connectivity index (χ1n) is 10.0. The highest BCUT2D eigenvalue weighted by Crippen LogP contribution is 2.31. The maximum atomic E-state index is 12.8. The molecule has 1 amide bonds. The van der Waals surface area contributed by atoms with E-state index in [0.29, 0.717) is 16.4 Å². The molecule has 9 nitrogen and oxygen atoms in total. The van der Waals surface area contributed by atoms with Crippen LogP contribution in [0.5, 0.6) is 0 Å². The van der Waals surface area contributed by atoms with Crippen LogP contribution in [0.25, 0.3) is 5.65 Å². The van der Waals surface area contributed by atoms with Crippen molar-refractivity contribution in [1.82, 2.24) is 19.2 Å². The number of methoxy groups -OCH3 is 1. The van der Waals surface area contributed by atoms with E-state index >= 15 is 0 Å². The van der Waals surface area contributed by atoms with Crippen LogP contribution in [0, 0.1) is 13.8 Å². The molecule has 33 heavy (non-hydrogen) atoms. The van der Waals surface area contributed by atoms with Gasteiger partial charge in [0, 0.05) is 17.3 Å². The van der Waals surface area contributed by atoms with Gasteiger partial charge in [-0.15, -0.1) is 5.10 Å². The van der Waals surface area contributed by atoms with Gasteiger partial charge in [0.1, 0.15) is 11.6 Å². The fourth-order valence-corrected chi connectivity index (χ4v) is 4.23. The molecular weight excluding hydrogens is 442 g/mol. The number of ether oxygens (including phenoxy) is 1. The van der Waals surface area contributed by atoms with Crippen LogP contribution in [0.4, 0.5) is 5.69 Å².